The molecule has 0 unspecified atom stereocenters. The molecular weight excluding hydrogens is 578 g/mol. The van der Waals surface area contributed by atoms with Crippen molar-refractivity contribution in [3.05, 3.63) is 34.9 Å². The molecule has 0 saturated carbocycles. The summed E-state index contributed by atoms with van der Waals surface area (Å²) in [6.07, 6.45) is 0.870. The summed E-state index contributed by atoms with van der Waals surface area (Å²) in [6, 6.07) is 5.49. The molecule has 3 aromatic rings. The normalized spacial score (nSPS) is 14.0. The first-order valence-corrected chi connectivity index (χ1v) is 14.4. The third kappa shape index (κ3) is 7.37. The minimum Gasteiger partial charge on any atom is -0.497 e. The number of carbonyl (C=O) groups is 3. The van der Waals surface area contributed by atoms with E-state index in [1.54, 1.807) is 12.0 Å². The smallest absolute Gasteiger partial charge is 0.410 e. The monoisotopic (exact) mass is 616 g/mol. The van der Waals surface area contributed by atoms with Gasteiger partial charge in [-0.2, -0.15) is 0 Å². The fourth-order valence-electron chi connectivity index (χ4n) is 5.02. The Balaban J connectivity index is 1.52. The molecule has 0 atom stereocenters. The summed E-state index contributed by atoms with van der Waals surface area (Å²) < 4.78 is 14.8. The zero-order valence-electron chi connectivity index (χ0n) is 25.1. The average molecular weight is 617 g/mol. The van der Waals surface area contributed by atoms with E-state index >= 15 is 0 Å². The lowest BCUT2D eigenvalue weighted by molar-refractivity contribution is -0.667. The number of fused-ring (bicyclic) bond motifs is 1. The Kier molecular flexibility index (Phi) is 9.48. The predicted octanol–water partition coefficient (Wildman–Crippen LogP) is 2.01. The summed E-state index contributed by atoms with van der Waals surface area (Å²) in [6.45, 7) is 9.05. The Labute approximate surface area is 254 Å². The van der Waals surface area contributed by atoms with Crippen LogP contribution in [0.25, 0.3) is 11.0 Å². The molecule has 15 heteroatoms. The molecular formula is C28H39ClN9O5+. The van der Waals surface area contributed by atoms with E-state index in [9.17, 15) is 14.4 Å². The van der Waals surface area contributed by atoms with Gasteiger partial charge in [0.1, 0.15) is 17.9 Å². The van der Waals surface area contributed by atoms with Crippen LogP contribution in [0.2, 0.25) is 5.15 Å². The van der Waals surface area contributed by atoms with Crippen molar-refractivity contribution in [2.24, 2.45) is 0 Å². The molecule has 6 N–H and O–H groups in total. The molecule has 4 rings (SSSR count). The van der Waals surface area contributed by atoms with Crippen LogP contribution >= 0.6 is 11.6 Å². The van der Waals surface area contributed by atoms with Crippen molar-refractivity contribution in [3.8, 4) is 5.75 Å². The molecule has 0 spiro atoms. The van der Waals surface area contributed by atoms with Crippen LogP contribution in [0.4, 0.5) is 16.4 Å². The van der Waals surface area contributed by atoms with Crippen molar-refractivity contribution in [1.82, 2.24) is 30.1 Å². The number of nitrogen functional groups attached to an aromatic ring is 2. The van der Waals surface area contributed by atoms with E-state index in [0.29, 0.717) is 44.0 Å². The van der Waals surface area contributed by atoms with Crippen LogP contribution in [-0.2, 0) is 29.2 Å². The lowest BCUT2D eigenvalue weighted by Gasteiger charge is -2.33. The van der Waals surface area contributed by atoms with Gasteiger partial charge in [-0.1, -0.05) is 11.6 Å². The third-order valence-corrected chi connectivity index (χ3v) is 7.32. The second-order valence-electron chi connectivity index (χ2n) is 11.2. The number of carbonyl (C=O) groups excluding carboxylic acids is 3. The van der Waals surface area contributed by atoms with Crippen LogP contribution in [-0.4, -0.2) is 69.2 Å². The largest absolute Gasteiger partial charge is 0.497 e. The van der Waals surface area contributed by atoms with Crippen LogP contribution in [0.15, 0.2) is 18.2 Å². The molecule has 0 bridgehead atoms. The van der Waals surface area contributed by atoms with Gasteiger partial charge in [0.15, 0.2) is 40.1 Å². The molecule has 14 nitrogen and oxygen atoms in total. The van der Waals surface area contributed by atoms with Crippen LogP contribution < -0.4 is 31.4 Å². The maximum absolute atomic E-state index is 13.4. The summed E-state index contributed by atoms with van der Waals surface area (Å²) in [5.74, 6) is 0.315. The van der Waals surface area contributed by atoms with Crippen LogP contribution in [0.5, 0.6) is 5.75 Å². The number of methoxy groups -OCH3 is 1. The number of halogens is 1. The summed E-state index contributed by atoms with van der Waals surface area (Å²) in [5.41, 5.74) is 12.4. The molecule has 1 aromatic carbocycles. The van der Waals surface area contributed by atoms with Gasteiger partial charge >= 0.3 is 6.09 Å². The van der Waals surface area contributed by atoms with Crippen molar-refractivity contribution in [3.63, 3.8) is 0 Å². The highest BCUT2D eigenvalue weighted by Crippen LogP contribution is 2.22. The van der Waals surface area contributed by atoms with Gasteiger partial charge in [-0.3, -0.25) is 9.59 Å². The second kappa shape index (κ2) is 12.9. The van der Waals surface area contributed by atoms with E-state index in [-0.39, 0.29) is 53.6 Å². The molecule has 232 valence electrons. The van der Waals surface area contributed by atoms with Crippen molar-refractivity contribution in [2.75, 3.05) is 31.7 Å². The highest BCUT2D eigenvalue weighted by Gasteiger charge is 2.30. The van der Waals surface area contributed by atoms with Gasteiger partial charge in [-0.05, 0) is 52.7 Å². The Bertz CT molecular complexity index is 1530. The lowest BCUT2D eigenvalue weighted by atomic mass is 10.1. The molecule has 3 amide bonds. The van der Waals surface area contributed by atoms with E-state index < -0.39 is 11.5 Å². The zero-order valence-corrected chi connectivity index (χ0v) is 25.8. The number of benzene rings is 1. The summed E-state index contributed by atoms with van der Waals surface area (Å²) in [4.78, 5) is 48.3. The topological polar surface area (TPSA) is 184 Å². The van der Waals surface area contributed by atoms with Gasteiger partial charge in [0.25, 0.3) is 17.6 Å². The molecule has 1 aliphatic heterocycles. The number of rotatable bonds is 8. The van der Waals surface area contributed by atoms with Crippen LogP contribution in [0.1, 0.15) is 56.8 Å². The quantitative estimate of drug-likeness (QED) is 0.275. The average Bonchev–Trinajstić information content (AvgIpc) is 3.24. The van der Waals surface area contributed by atoms with Gasteiger partial charge in [-0.15, -0.1) is 0 Å². The standard InChI is InChI=1S/C28H38ClN9O5/c1-6-37-19-13-17(42-5)7-8-18(19)38(21(37)14-32-26(40)22-24(30)35-25(31)23(29)34-22)15-20(39)33-16-9-11-36(12-10-16)27(41)43-28(2,3)4/h7-8,13,16H,6,9-12,14-15H2,1-5H3,(H5-,30,31,32,33,35,39,40)/p+1. The summed E-state index contributed by atoms with van der Waals surface area (Å²) in [7, 11) is 1.58. The summed E-state index contributed by atoms with van der Waals surface area (Å²) >= 11 is 5.96. The maximum atomic E-state index is 13.4. The van der Waals surface area contributed by atoms with Crippen molar-refractivity contribution >= 4 is 52.2 Å². The predicted molar refractivity (Wildman–Crippen MR) is 160 cm³/mol. The maximum Gasteiger partial charge on any atom is 0.410 e. The van der Waals surface area contributed by atoms with Crippen LogP contribution in [0, 0.1) is 0 Å². The van der Waals surface area contributed by atoms with Gasteiger partial charge in [0.2, 0.25) is 0 Å². The number of aromatic nitrogens is 4. The van der Waals surface area contributed by atoms with E-state index in [0.717, 1.165) is 11.0 Å². The van der Waals surface area contributed by atoms with E-state index in [2.05, 4.69) is 20.6 Å². The van der Waals surface area contributed by atoms with Crippen molar-refractivity contribution < 1.29 is 28.4 Å². The Morgan fingerprint density at radius 3 is 2.47 bits per heavy atom. The molecule has 0 aliphatic carbocycles. The molecule has 1 fully saturated rings. The number of imidazole rings is 1. The highest BCUT2D eigenvalue weighted by molar-refractivity contribution is 6.31. The number of nitrogens with one attached hydrogen (secondary N) is 2. The molecule has 43 heavy (non-hydrogen) atoms. The fourth-order valence-corrected chi connectivity index (χ4v) is 5.15. The minimum atomic E-state index is -0.592. The minimum absolute atomic E-state index is 0.00293. The number of nitrogens with zero attached hydrogens (tertiary/aromatic N) is 5. The molecule has 2 aromatic heterocycles. The van der Waals surface area contributed by atoms with Crippen molar-refractivity contribution in [2.45, 2.75) is 71.8 Å². The second-order valence-corrected chi connectivity index (χ2v) is 11.6. The van der Waals surface area contributed by atoms with Gasteiger partial charge in [0, 0.05) is 25.2 Å². The number of likely N-dealkylation sites (tertiary alicyclic amines) is 1. The molecule has 0 radical (unpaired) electrons. The number of ether oxygens (including phenoxy) is 2. The number of hydrogen-bond acceptors (Lipinski definition) is 9. The van der Waals surface area contributed by atoms with E-state index in [1.807, 2.05) is 55.0 Å². The fraction of sp³-hybridized carbons (Fsp3) is 0.500. The van der Waals surface area contributed by atoms with E-state index in [4.69, 9.17) is 32.5 Å². The Morgan fingerprint density at radius 1 is 1.14 bits per heavy atom. The first kappa shape index (κ1) is 31.6. The number of amides is 3. The van der Waals surface area contributed by atoms with E-state index in [1.165, 1.54) is 0 Å². The molecule has 1 aliphatic rings. The number of nitrogens with two attached hydrogens (primary N) is 2. The first-order chi connectivity index (χ1) is 20.3. The Hall–Kier alpha value is -4.33. The SMILES string of the molecule is CCn1c(CNC(=O)c2nc(Cl)c(N)nc2N)[n+](CC(=O)NC2CCN(C(=O)OC(C)(C)C)CC2)c2ccc(OC)cc21. The zero-order chi connectivity index (χ0) is 31.5. The van der Waals surface area contributed by atoms with Gasteiger partial charge < -0.3 is 36.5 Å². The van der Waals surface area contributed by atoms with Crippen molar-refractivity contribution in [1.29, 1.82) is 0 Å². The highest BCUT2D eigenvalue weighted by atomic mass is 35.5. The Morgan fingerprint density at radius 2 is 1.84 bits per heavy atom. The van der Waals surface area contributed by atoms with Crippen LogP contribution in [0.3, 0.4) is 0 Å². The summed E-state index contributed by atoms with van der Waals surface area (Å²) in [5, 5.41) is 5.80. The lowest BCUT2D eigenvalue weighted by Crippen LogP contribution is -2.52. The third-order valence-electron chi connectivity index (χ3n) is 7.04. The number of piperidine rings is 1. The van der Waals surface area contributed by atoms with Gasteiger partial charge in [0.05, 0.1) is 13.7 Å². The first-order valence-electron chi connectivity index (χ1n) is 14.0. The number of hydrogen-bond donors (Lipinski definition) is 4. The number of anilines is 2. The molecule has 1 saturated heterocycles. The van der Waals surface area contributed by atoms with Gasteiger partial charge in [-0.25, -0.2) is 23.9 Å². The molecule has 3 heterocycles. The number of aryl methyl sites for hydroxylation is 1.